The minimum Gasteiger partial charge on any atom is -0.496 e. The zero-order chi connectivity index (χ0) is 13.2. The molecular formula is C15H24N2O. The van der Waals surface area contributed by atoms with Gasteiger partial charge >= 0.3 is 0 Å². The van der Waals surface area contributed by atoms with Gasteiger partial charge in [0, 0.05) is 5.54 Å². The third kappa shape index (κ3) is 3.03. The Morgan fingerprint density at radius 1 is 1.33 bits per heavy atom. The summed E-state index contributed by atoms with van der Waals surface area (Å²) in [7, 11) is 3.89. The van der Waals surface area contributed by atoms with Crippen molar-refractivity contribution < 1.29 is 4.74 Å². The first-order chi connectivity index (χ1) is 8.52. The Morgan fingerprint density at radius 3 is 2.61 bits per heavy atom. The van der Waals surface area contributed by atoms with Gasteiger partial charge in [-0.1, -0.05) is 17.7 Å². The van der Waals surface area contributed by atoms with E-state index >= 15 is 0 Å². The summed E-state index contributed by atoms with van der Waals surface area (Å²) in [6, 6.07) is 6.33. The molecule has 18 heavy (non-hydrogen) atoms. The largest absolute Gasteiger partial charge is 0.496 e. The highest BCUT2D eigenvalue weighted by Gasteiger charge is 2.30. The molecule has 1 aliphatic rings. The maximum absolute atomic E-state index is 6.54. The molecule has 1 fully saturated rings. The normalized spacial score (nSPS) is 19.8. The number of nitrogens with two attached hydrogens (primary N) is 1. The van der Waals surface area contributed by atoms with Crippen molar-refractivity contribution in [1.29, 1.82) is 0 Å². The molecule has 1 saturated heterocycles. The molecule has 0 radical (unpaired) electrons. The molecule has 2 N–H and O–H groups in total. The lowest BCUT2D eigenvalue weighted by Gasteiger charge is -2.38. The van der Waals surface area contributed by atoms with Gasteiger partial charge in [-0.05, 0) is 58.0 Å². The van der Waals surface area contributed by atoms with Crippen LogP contribution in [0.4, 0.5) is 0 Å². The van der Waals surface area contributed by atoms with E-state index in [1.807, 2.05) is 6.07 Å². The molecule has 1 aromatic rings. The third-order valence-corrected chi connectivity index (χ3v) is 3.96. The van der Waals surface area contributed by atoms with E-state index < -0.39 is 0 Å². The Kier molecular flexibility index (Phi) is 3.93. The fourth-order valence-electron chi connectivity index (χ4n) is 2.67. The van der Waals surface area contributed by atoms with Crippen LogP contribution < -0.4 is 10.5 Å². The average Bonchev–Trinajstić information content (AvgIpc) is 2.34. The predicted molar refractivity (Wildman–Crippen MR) is 75.1 cm³/mol. The van der Waals surface area contributed by atoms with E-state index in [4.69, 9.17) is 10.5 Å². The van der Waals surface area contributed by atoms with Crippen molar-refractivity contribution in [2.75, 3.05) is 27.2 Å². The first-order valence-corrected chi connectivity index (χ1v) is 6.63. The first kappa shape index (κ1) is 13.4. The second-order valence-corrected chi connectivity index (χ2v) is 5.66. The molecule has 0 spiro atoms. The minimum atomic E-state index is -0.0758. The molecular weight excluding hydrogens is 224 g/mol. The van der Waals surface area contributed by atoms with Gasteiger partial charge in [-0.15, -0.1) is 0 Å². The van der Waals surface area contributed by atoms with Gasteiger partial charge in [0.15, 0.2) is 0 Å². The van der Waals surface area contributed by atoms with Crippen LogP contribution in [0.1, 0.15) is 24.0 Å². The predicted octanol–water partition coefficient (Wildman–Crippen LogP) is 1.97. The first-order valence-electron chi connectivity index (χ1n) is 6.63. The summed E-state index contributed by atoms with van der Waals surface area (Å²) in [5.41, 5.74) is 8.98. The molecule has 0 atom stereocenters. The van der Waals surface area contributed by atoms with Crippen molar-refractivity contribution in [3.63, 3.8) is 0 Å². The highest BCUT2D eigenvalue weighted by atomic mass is 16.5. The molecule has 0 aromatic heterocycles. The van der Waals surface area contributed by atoms with Crippen LogP contribution in [0.2, 0.25) is 0 Å². The number of hydrogen-bond donors (Lipinski definition) is 1. The van der Waals surface area contributed by atoms with Crippen molar-refractivity contribution in [2.24, 2.45) is 5.73 Å². The molecule has 2 rings (SSSR count). The van der Waals surface area contributed by atoms with Crippen LogP contribution in [-0.2, 0) is 6.42 Å². The topological polar surface area (TPSA) is 38.5 Å². The van der Waals surface area contributed by atoms with Gasteiger partial charge in [-0.2, -0.15) is 0 Å². The maximum Gasteiger partial charge on any atom is 0.122 e. The summed E-state index contributed by atoms with van der Waals surface area (Å²) >= 11 is 0. The van der Waals surface area contributed by atoms with Crippen LogP contribution in [0.25, 0.3) is 0 Å². The third-order valence-electron chi connectivity index (χ3n) is 3.96. The number of benzene rings is 1. The van der Waals surface area contributed by atoms with Crippen molar-refractivity contribution in [2.45, 2.75) is 31.7 Å². The summed E-state index contributed by atoms with van der Waals surface area (Å²) in [4.78, 5) is 2.35. The highest BCUT2D eigenvalue weighted by molar-refractivity contribution is 5.38. The van der Waals surface area contributed by atoms with E-state index in [0.29, 0.717) is 0 Å². The molecule has 1 heterocycles. The summed E-state index contributed by atoms with van der Waals surface area (Å²) in [5, 5.41) is 0. The van der Waals surface area contributed by atoms with Gasteiger partial charge < -0.3 is 15.4 Å². The standard InChI is InChI=1S/C15H24N2O/c1-12-4-5-14(18-3)13(10-12)11-15(16)6-8-17(2)9-7-15/h4-5,10H,6-9,11,16H2,1-3H3. The summed E-state index contributed by atoms with van der Waals surface area (Å²) in [6.45, 7) is 4.29. The van der Waals surface area contributed by atoms with Crippen LogP contribution in [0.15, 0.2) is 18.2 Å². The molecule has 1 aromatic carbocycles. The fraction of sp³-hybridized carbons (Fsp3) is 0.600. The maximum atomic E-state index is 6.54. The zero-order valence-corrected chi connectivity index (χ0v) is 11.7. The number of rotatable bonds is 3. The van der Waals surface area contributed by atoms with E-state index in [1.54, 1.807) is 7.11 Å². The van der Waals surface area contributed by atoms with Gasteiger partial charge in [-0.3, -0.25) is 0 Å². The van der Waals surface area contributed by atoms with E-state index in [-0.39, 0.29) is 5.54 Å². The van der Waals surface area contributed by atoms with Crippen molar-refractivity contribution in [3.8, 4) is 5.75 Å². The van der Waals surface area contributed by atoms with Crippen molar-refractivity contribution in [3.05, 3.63) is 29.3 Å². The van der Waals surface area contributed by atoms with E-state index in [1.165, 1.54) is 11.1 Å². The van der Waals surface area contributed by atoms with Crippen molar-refractivity contribution >= 4 is 0 Å². The summed E-state index contributed by atoms with van der Waals surface area (Å²) in [6.07, 6.45) is 3.02. The molecule has 1 aliphatic heterocycles. The van der Waals surface area contributed by atoms with Crippen LogP contribution in [-0.4, -0.2) is 37.7 Å². The van der Waals surface area contributed by atoms with Gasteiger partial charge in [0.05, 0.1) is 7.11 Å². The summed E-state index contributed by atoms with van der Waals surface area (Å²) in [5.74, 6) is 0.962. The second kappa shape index (κ2) is 5.29. The monoisotopic (exact) mass is 248 g/mol. The number of aryl methyl sites for hydroxylation is 1. The summed E-state index contributed by atoms with van der Waals surface area (Å²) < 4.78 is 5.44. The molecule has 100 valence electrons. The smallest absolute Gasteiger partial charge is 0.122 e. The van der Waals surface area contributed by atoms with Gasteiger partial charge in [0.2, 0.25) is 0 Å². The number of methoxy groups -OCH3 is 1. The number of likely N-dealkylation sites (tertiary alicyclic amines) is 1. The zero-order valence-electron chi connectivity index (χ0n) is 11.7. The van der Waals surface area contributed by atoms with Crippen LogP contribution in [0, 0.1) is 6.92 Å². The number of ether oxygens (including phenoxy) is 1. The number of piperidine rings is 1. The molecule has 0 saturated carbocycles. The minimum absolute atomic E-state index is 0.0758. The van der Waals surface area contributed by atoms with E-state index in [0.717, 1.165) is 38.1 Å². The fourth-order valence-corrected chi connectivity index (χ4v) is 2.67. The van der Waals surface area contributed by atoms with Crippen molar-refractivity contribution in [1.82, 2.24) is 4.90 Å². The van der Waals surface area contributed by atoms with Gasteiger partial charge in [0.25, 0.3) is 0 Å². The van der Waals surface area contributed by atoms with Crippen LogP contribution in [0.3, 0.4) is 0 Å². The Balaban J connectivity index is 2.15. The lowest BCUT2D eigenvalue weighted by atomic mass is 9.82. The Labute approximate surface area is 110 Å². The molecule has 0 aliphatic carbocycles. The second-order valence-electron chi connectivity index (χ2n) is 5.66. The Hall–Kier alpha value is -1.06. The molecule has 0 bridgehead atoms. The lowest BCUT2D eigenvalue weighted by molar-refractivity contribution is 0.189. The van der Waals surface area contributed by atoms with Gasteiger partial charge in [-0.25, -0.2) is 0 Å². The lowest BCUT2D eigenvalue weighted by Crippen LogP contribution is -2.50. The van der Waals surface area contributed by atoms with Crippen LogP contribution in [0.5, 0.6) is 5.75 Å². The SMILES string of the molecule is COc1ccc(C)cc1CC1(N)CCN(C)CC1. The van der Waals surface area contributed by atoms with E-state index in [9.17, 15) is 0 Å². The molecule has 3 heteroatoms. The number of nitrogens with zero attached hydrogens (tertiary/aromatic N) is 1. The number of hydrogen-bond acceptors (Lipinski definition) is 3. The Bertz CT molecular complexity index is 409. The van der Waals surface area contributed by atoms with E-state index in [2.05, 4.69) is 31.0 Å². The average molecular weight is 248 g/mol. The molecule has 0 unspecified atom stereocenters. The quantitative estimate of drug-likeness (QED) is 0.889. The molecule has 3 nitrogen and oxygen atoms in total. The van der Waals surface area contributed by atoms with Crippen LogP contribution >= 0.6 is 0 Å². The Morgan fingerprint density at radius 2 is 2.00 bits per heavy atom. The highest BCUT2D eigenvalue weighted by Crippen LogP contribution is 2.28. The van der Waals surface area contributed by atoms with Gasteiger partial charge in [0.1, 0.15) is 5.75 Å². The molecule has 0 amide bonds.